The average molecular weight is 419 g/mol. The third-order valence-corrected chi connectivity index (χ3v) is 6.15. The number of hydrogen-bond acceptors (Lipinski definition) is 4. The van der Waals surface area contributed by atoms with Crippen LogP contribution in [-0.4, -0.2) is 78.6 Å². The molecule has 0 aromatic heterocycles. The van der Waals surface area contributed by atoms with Crippen LogP contribution in [0.25, 0.3) is 0 Å². The molecule has 0 aliphatic rings. The minimum atomic E-state index is 0.513. The van der Waals surface area contributed by atoms with Crippen molar-refractivity contribution in [3.63, 3.8) is 0 Å². The maximum Gasteiger partial charge on any atom is 0.0266 e. The van der Waals surface area contributed by atoms with Crippen molar-refractivity contribution < 1.29 is 0 Å². The molecule has 174 valence electrons. The Morgan fingerprint density at radius 1 is 0.867 bits per heavy atom. The molecule has 0 aliphatic heterocycles. The van der Waals surface area contributed by atoms with E-state index in [1.54, 1.807) is 0 Å². The van der Waals surface area contributed by atoms with Crippen molar-refractivity contribution in [3.05, 3.63) is 35.9 Å². The number of nitrogens with two attached hydrogens (primary N) is 1. The zero-order valence-electron chi connectivity index (χ0n) is 20.8. The van der Waals surface area contributed by atoms with Crippen LogP contribution in [0.15, 0.2) is 30.3 Å². The Bertz CT molecular complexity index is 519. The summed E-state index contributed by atoms with van der Waals surface area (Å²) in [6, 6.07) is 12.6. The maximum atomic E-state index is 5.84. The zero-order chi connectivity index (χ0) is 22.4. The first kappa shape index (κ1) is 27.1. The fourth-order valence-electron chi connectivity index (χ4n) is 4.58. The molecule has 0 saturated carbocycles. The van der Waals surface area contributed by atoms with E-state index in [9.17, 15) is 0 Å². The summed E-state index contributed by atoms with van der Waals surface area (Å²) in [5.41, 5.74) is 7.28. The Balaban J connectivity index is 3.05. The van der Waals surface area contributed by atoms with Gasteiger partial charge in [0.1, 0.15) is 0 Å². The molecule has 0 spiro atoms. The predicted octanol–water partition coefficient (Wildman–Crippen LogP) is 4.49. The Morgan fingerprint density at radius 3 is 2.07 bits per heavy atom. The fraction of sp³-hybridized carbons (Fsp3) is 0.769. The lowest BCUT2D eigenvalue weighted by molar-refractivity contribution is 0.0724. The first-order valence-electron chi connectivity index (χ1n) is 12.4. The van der Waals surface area contributed by atoms with Crippen LogP contribution in [0.2, 0.25) is 0 Å². The van der Waals surface area contributed by atoms with Gasteiger partial charge in [-0.3, -0.25) is 9.80 Å². The van der Waals surface area contributed by atoms with Crippen LogP contribution in [-0.2, 0) is 6.42 Å². The molecule has 1 aromatic rings. The van der Waals surface area contributed by atoms with Crippen LogP contribution in [0.1, 0.15) is 66.4 Å². The molecule has 1 aromatic carbocycles. The molecular weight excluding hydrogens is 368 g/mol. The summed E-state index contributed by atoms with van der Waals surface area (Å²) in [5.74, 6) is 0. The topological polar surface area (TPSA) is 35.7 Å². The number of likely N-dealkylation sites (N-methyl/N-ethyl adjacent to an activating group) is 1. The molecule has 0 saturated heterocycles. The monoisotopic (exact) mass is 418 g/mol. The predicted molar refractivity (Wildman–Crippen MR) is 133 cm³/mol. The van der Waals surface area contributed by atoms with Crippen molar-refractivity contribution in [1.29, 1.82) is 0 Å². The van der Waals surface area contributed by atoms with E-state index in [1.807, 2.05) is 0 Å². The quantitative estimate of drug-likeness (QED) is 0.404. The highest BCUT2D eigenvalue weighted by Crippen LogP contribution is 2.17. The highest BCUT2D eigenvalue weighted by molar-refractivity contribution is 5.16. The van der Waals surface area contributed by atoms with E-state index in [2.05, 4.69) is 86.6 Å². The van der Waals surface area contributed by atoms with E-state index >= 15 is 0 Å². The van der Waals surface area contributed by atoms with Gasteiger partial charge in [0.25, 0.3) is 0 Å². The van der Waals surface area contributed by atoms with E-state index in [1.165, 1.54) is 24.9 Å². The SMILES string of the molecule is CCCN(CCCN)C[C@H](Cc1ccccc1)N(C[C@H](C)N(CC)CCC)C(C)C. The Hall–Kier alpha value is -0.940. The van der Waals surface area contributed by atoms with Gasteiger partial charge in [-0.05, 0) is 84.7 Å². The summed E-state index contributed by atoms with van der Waals surface area (Å²) < 4.78 is 0. The Morgan fingerprint density at radius 2 is 1.53 bits per heavy atom. The minimum Gasteiger partial charge on any atom is -0.330 e. The van der Waals surface area contributed by atoms with Gasteiger partial charge in [0.2, 0.25) is 0 Å². The van der Waals surface area contributed by atoms with Gasteiger partial charge >= 0.3 is 0 Å². The largest absolute Gasteiger partial charge is 0.330 e. The van der Waals surface area contributed by atoms with Gasteiger partial charge < -0.3 is 10.6 Å². The number of hydrogen-bond donors (Lipinski definition) is 1. The van der Waals surface area contributed by atoms with E-state index in [0.717, 1.165) is 52.1 Å². The lowest BCUT2D eigenvalue weighted by Gasteiger charge is -2.41. The van der Waals surface area contributed by atoms with Gasteiger partial charge in [-0.15, -0.1) is 0 Å². The number of benzene rings is 1. The molecule has 30 heavy (non-hydrogen) atoms. The summed E-state index contributed by atoms with van der Waals surface area (Å²) in [7, 11) is 0. The molecule has 2 atom stereocenters. The van der Waals surface area contributed by atoms with Crippen LogP contribution in [0.4, 0.5) is 0 Å². The summed E-state index contributed by atoms with van der Waals surface area (Å²) in [4.78, 5) is 8.04. The zero-order valence-corrected chi connectivity index (χ0v) is 20.8. The maximum absolute atomic E-state index is 5.84. The van der Waals surface area contributed by atoms with Gasteiger partial charge in [0, 0.05) is 31.2 Å². The highest BCUT2D eigenvalue weighted by atomic mass is 15.3. The van der Waals surface area contributed by atoms with Gasteiger partial charge in [-0.1, -0.05) is 51.1 Å². The third-order valence-electron chi connectivity index (χ3n) is 6.15. The lowest BCUT2D eigenvalue weighted by Crippen LogP contribution is -2.53. The molecule has 4 heteroatoms. The Labute approximate surface area is 187 Å². The molecule has 0 unspecified atom stereocenters. The molecule has 0 amide bonds. The fourth-order valence-corrected chi connectivity index (χ4v) is 4.58. The van der Waals surface area contributed by atoms with Crippen LogP contribution in [0.3, 0.4) is 0 Å². The smallest absolute Gasteiger partial charge is 0.0266 e. The lowest BCUT2D eigenvalue weighted by atomic mass is 10.0. The molecule has 0 radical (unpaired) electrons. The molecule has 1 rings (SSSR count). The standard InChI is InChI=1S/C26H50N4/c1-7-17-28(19-13-16-27)22-26(20-25-14-11-10-12-15-25)30(23(4)5)21-24(6)29(9-3)18-8-2/h10-12,14-15,23-24,26H,7-9,13,16-22,27H2,1-6H3/t24-,26-/m0/s1. The van der Waals surface area contributed by atoms with Crippen LogP contribution < -0.4 is 5.73 Å². The van der Waals surface area contributed by atoms with E-state index in [4.69, 9.17) is 5.73 Å². The van der Waals surface area contributed by atoms with Crippen molar-refractivity contribution in [2.45, 2.75) is 85.4 Å². The van der Waals surface area contributed by atoms with Crippen molar-refractivity contribution in [2.75, 3.05) is 45.8 Å². The second kappa shape index (κ2) is 15.8. The number of nitrogens with zero attached hydrogens (tertiary/aromatic N) is 3. The van der Waals surface area contributed by atoms with Crippen molar-refractivity contribution in [1.82, 2.24) is 14.7 Å². The van der Waals surface area contributed by atoms with Gasteiger partial charge in [-0.2, -0.15) is 0 Å². The van der Waals surface area contributed by atoms with E-state index in [-0.39, 0.29) is 0 Å². The second-order valence-electron chi connectivity index (χ2n) is 9.05. The van der Waals surface area contributed by atoms with Crippen molar-refractivity contribution >= 4 is 0 Å². The minimum absolute atomic E-state index is 0.513. The van der Waals surface area contributed by atoms with Crippen LogP contribution >= 0.6 is 0 Å². The van der Waals surface area contributed by atoms with Crippen LogP contribution in [0, 0.1) is 0 Å². The normalized spacial score (nSPS) is 14.2. The molecule has 0 fully saturated rings. The van der Waals surface area contributed by atoms with Crippen LogP contribution in [0.5, 0.6) is 0 Å². The van der Waals surface area contributed by atoms with Crippen molar-refractivity contribution in [3.8, 4) is 0 Å². The molecule has 2 N–H and O–H groups in total. The van der Waals surface area contributed by atoms with E-state index in [0.29, 0.717) is 18.1 Å². The van der Waals surface area contributed by atoms with Crippen molar-refractivity contribution in [2.24, 2.45) is 5.73 Å². The van der Waals surface area contributed by atoms with Gasteiger partial charge in [0.05, 0.1) is 0 Å². The first-order valence-corrected chi connectivity index (χ1v) is 12.4. The second-order valence-corrected chi connectivity index (χ2v) is 9.05. The first-order chi connectivity index (χ1) is 14.5. The summed E-state index contributed by atoms with van der Waals surface area (Å²) in [6.45, 7) is 21.6. The summed E-state index contributed by atoms with van der Waals surface area (Å²) in [6.07, 6.45) is 4.60. The molecule has 4 nitrogen and oxygen atoms in total. The Kier molecular flexibility index (Phi) is 14.3. The molecule has 0 bridgehead atoms. The third kappa shape index (κ3) is 9.91. The van der Waals surface area contributed by atoms with E-state index < -0.39 is 0 Å². The highest BCUT2D eigenvalue weighted by Gasteiger charge is 2.26. The molecular formula is C26H50N4. The van der Waals surface area contributed by atoms with Gasteiger partial charge in [0.15, 0.2) is 0 Å². The number of rotatable bonds is 17. The molecule has 0 aliphatic carbocycles. The summed E-state index contributed by atoms with van der Waals surface area (Å²) in [5, 5.41) is 0. The van der Waals surface area contributed by atoms with Gasteiger partial charge in [-0.25, -0.2) is 0 Å². The summed E-state index contributed by atoms with van der Waals surface area (Å²) >= 11 is 0. The molecule has 0 heterocycles. The average Bonchev–Trinajstić information content (AvgIpc) is 2.74.